The fraction of sp³-hybridized carbons (Fsp3) is 0.182. The molecule has 80 valence electrons. The van der Waals surface area contributed by atoms with Crippen molar-refractivity contribution in [1.29, 1.82) is 0 Å². The first-order chi connectivity index (χ1) is 7.86. The molecule has 0 fully saturated rings. The Balaban J connectivity index is 2.10. The molecule has 4 nitrogen and oxygen atoms in total. The van der Waals surface area contributed by atoms with Crippen LogP contribution in [0.2, 0.25) is 0 Å². The Morgan fingerprint density at radius 2 is 2.25 bits per heavy atom. The third kappa shape index (κ3) is 1.49. The van der Waals surface area contributed by atoms with Crippen molar-refractivity contribution in [2.75, 3.05) is 0 Å². The molecule has 0 aromatic carbocycles. The Bertz CT molecular complexity index is 625. The van der Waals surface area contributed by atoms with Crippen molar-refractivity contribution in [3.63, 3.8) is 0 Å². The van der Waals surface area contributed by atoms with Gasteiger partial charge in [-0.15, -0.1) is 11.3 Å². The molecule has 3 aromatic heterocycles. The molecule has 3 aromatic rings. The van der Waals surface area contributed by atoms with Crippen molar-refractivity contribution in [1.82, 2.24) is 19.6 Å². The minimum Gasteiger partial charge on any atom is -0.244 e. The van der Waals surface area contributed by atoms with Crippen LogP contribution in [-0.4, -0.2) is 19.6 Å². The molecule has 5 heteroatoms. The summed E-state index contributed by atoms with van der Waals surface area (Å²) in [4.78, 5) is 9.99. The van der Waals surface area contributed by atoms with E-state index in [1.807, 2.05) is 24.7 Å². The van der Waals surface area contributed by atoms with Crippen LogP contribution in [0.25, 0.3) is 16.2 Å². The van der Waals surface area contributed by atoms with Gasteiger partial charge in [-0.1, -0.05) is 6.92 Å². The van der Waals surface area contributed by atoms with Crippen molar-refractivity contribution in [3.8, 4) is 10.6 Å². The van der Waals surface area contributed by atoms with Crippen LogP contribution >= 0.6 is 11.3 Å². The molecule has 0 amide bonds. The van der Waals surface area contributed by atoms with Gasteiger partial charge in [-0.3, -0.25) is 0 Å². The second kappa shape index (κ2) is 3.68. The van der Waals surface area contributed by atoms with Crippen LogP contribution in [0.5, 0.6) is 0 Å². The van der Waals surface area contributed by atoms with Crippen LogP contribution in [0.15, 0.2) is 30.9 Å². The van der Waals surface area contributed by atoms with E-state index >= 15 is 0 Å². The molecule has 0 spiro atoms. The molecule has 0 unspecified atom stereocenters. The molecule has 0 N–H and O–H groups in total. The van der Waals surface area contributed by atoms with Gasteiger partial charge in [0.25, 0.3) is 0 Å². The van der Waals surface area contributed by atoms with Crippen molar-refractivity contribution in [2.45, 2.75) is 13.3 Å². The van der Waals surface area contributed by atoms with E-state index in [0.717, 1.165) is 22.6 Å². The first-order valence-electron chi connectivity index (χ1n) is 5.11. The lowest BCUT2D eigenvalue weighted by atomic mass is 10.3. The highest BCUT2D eigenvalue weighted by Gasteiger charge is 2.05. The summed E-state index contributed by atoms with van der Waals surface area (Å²) in [7, 11) is 0. The zero-order valence-corrected chi connectivity index (χ0v) is 9.61. The average Bonchev–Trinajstić information content (AvgIpc) is 2.96. The summed E-state index contributed by atoms with van der Waals surface area (Å²) in [5.41, 5.74) is 1.87. The maximum absolute atomic E-state index is 4.39. The maximum atomic E-state index is 4.39. The molecule has 0 bridgehead atoms. The third-order valence-electron chi connectivity index (χ3n) is 2.40. The standard InChI is InChI=1S/C11H10N4S/c1-2-9-6-13-11(16-9)8-5-12-10-3-4-14-15(10)7-8/h3-7H,2H2,1H3. The van der Waals surface area contributed by atoms with E-state index in [1.54, 1.807) is 22.0 Å². The molecular formula is C11H10N4S. The van der Waals surface area contributed by atoms with Gasteiger partial charge in [0.05, 0.1) is 6.20 Å². The molecule has 3 rings (SSSR count). The van der Waals surface area contributed by atoms with Crippen molar-refractivity contribution in [3.05, 3.63) is 35.7 Å². The number of fused-ring (bicyclic) bond motifs is 1. The number of thiazole rings is 1. The van der Waals surface area contributed by atoms with E-state index in [1.165, 1.54) is 4.88 Å². The molecule has 0 atom stereocenters. The van der Waals surface area contributed by atoms with Gasteiger partial charge in [0.1, 0.15) is 5.01 Å². The molecule has 3 heterocycles. The smallest absolute Gasteiger partial charge is 0.154 e. The zero-order valence-electron chi connectivity index (χ0n) is 8.79. The predicted octanol–water partition coefficient (Wildman–Crippen LogP) is 2.42. The maximum Gasteiger partial charge on any atom is 0.154 e. The molecule has 0 aliphatic carbocycles. The van der Waals surface area contributed by atoms with Gasteiger partial charge in [0, 0.05) is 35.1 Å². The van der Waals surface area contributed by atoms with E-state index in [9.17, 15) is 0 Å². The monoisotopic (exact) mass is 230 g/mol. The third-order valence-corrected chi connectivity index (χ3v) is 3.59. The number of hydrogen-bond acceptors (Lipinski definition) is 4. The highest BCUT2D eigenvalue weighted by molar-refractivity contribution is 7.15. The normalized spacial score (nSPS) is 11.1. The lowest BCUT2D eigenvalue weighted by Gasteiger charge is -1.96. The SMILES string of the molecule is CCc1cnc(-c2cnc3ccnn3c2)s1. The minimum absolute atomic E-state index is 0.857. The number of aryl methyl sites for hydroxylation is 1. The number of rotatable bonds is 2. The van der Waals surface area contributed by atoms with E-state index in [0.29, 0.717) is 0 Å². The average molecular weight is 230 g/mol. The molecule has 0 aliphatic heterocycles. The Labute approximate surface area is 96.6 Å². The summed E-state index contributed by atoms with van der Waals surface area (Å²) in [6, 6.07) is 1.88. The lowest BCUT2D eigenvalue weighted by Crippen LogP contribution is -1.90. The summed E-state index contributed by atoms with van der Waals surface area (Å²) in [6.07, 6.45) is 8.49. The second-order valence-corrected chi connectivity index (χ2v) is 4.58. The van der Waals surface area contributed by atoms with Crippen LogP contribution in [0.3, 0.4) is 0 Å². The zero-order chi connectivity index (χ0) is 11.0. The van der Waals surface area contributed by atoms with Crippen LogP contribution in [0, 0.1) is 0 Å². The van der Waals surface area contributed by atoms with Crippen molar-refractivity contribution in [2.24, 2.45) is 0 Å². The Hall–Kier alpha value is -1.75. The lowest BCUT2D eigenvalue weighted by molar-refractivity contribution is 0.941. The highest BCUT2D eigenvalue weighted by Crippen LogP contribution is 2.24. The van der Waals surface area contributed by atoms with E-state index in [4.69, 9.17) is 0 Å². The Morgan fingerprint density at radius 1 is 1.31 bits per heavy atom. The van der Waals surface area contributed by atoms with Crippen molar-refractivity contribution >= 4 is 17.0 Å². The van der Waals surface area contributed by atoms with Crippen LogP contribution in [-0.2, 0) is 6.42 Å². The Morgan fingerprint density at radius 3 is 3.06 bits per heavy atom. The second-order valence-electron chi connectivity index (χ2n) is 3.46. The van der Waals surface area contributed by atoms with E-state index in [-0.39, 0.29) is 0 Å². The fourth-order valence-corrected chi connectivity index (χ4v) is 2.35. The molecule has 0 saturated carbocycles. The molecular weight excluding hydrogens is 220 g/mol. The Kier molecular flexibility index (Phi) is 2.18. The van der Waals surface area contributed by atoms with Gasteiger partial charge < -0.3 is 0 Å². The summed E-state index contributed by atoms with van der Waals surface area (Å²) in [5.74, 6) is 0. The fourth-order valence-electron chi connectivity index (χ4n) is 1.52. The molecule has 0 saturated heterocycles. The van der Waals surface area contributed by atoms with Gasteiger partial charge in [-0.05, 0) is 6.42 Å². The quantitative estimate of drug-likeness (QED) is 0.679. The molecule has 0 radical (unpaired) electrons. The van der Waals surface area contributed by atoms with Gasteiger partial charge in [0.15, 0.2) is 5.65 Å². The van der Waals surface area contributed by atoms with Crippen LogP contribution < -0.4 is 0 Å². The summed E-state index contributed by atoms with van der Waals surface area (Å²) in [6.45, 7) is 2.13. The van der Waals surface area contributed by atoms with E-state index in [2.05, 4.69) is 22.0 Å². The topological polar surface area (TPSA) is 43.1 Å². The van der Waals surface area contributed by atoms with E-state index < -0.39 is 0 Å². The first-order valence-corrected chi connectivity index (χ1v) is 5.93. The van der Waals surface area contributed by atoms with Gasteiger partial charge in [0.2, 0.25) is 0 Å². The largest absolute Gasteiger partial charge is 0.244 e. The molecule has 16 heavy (non-hydrogen) atoms. The number of aromatic nitrogens is 4. The predicted molar refractivity (Wildman–Crippen MR) is 63.5 cm³/mol. The van der Waals surface area contributed by atoms with Gasteiger partial charge in [-0.2, -0.15) is 5.10 Å². The van der Waals surface area contributed by atoms with Gasteiger partial charge >= 0.3 is 0 Å². The van der Waals surface area contributed by atoms with Crippen molar-refractivity contribution < 1.29 is 0 Å². The first kappa shape index (κ1) is 9.47. The van der Waals surface area contributed by atoms with Gasteiger partial charge in [-0.25, -0.2) is 14.5 Å². The summed E-state index contributed by atoms with van der Waals surface area (Å²) >= 11 is 1.70. The molecule has 0 aliphatic rings. The highest BCUT2D eigenvalue weighted by atomic mass is 32.1. The summed E-state index contributed by atoms with van der Waals surface area (Å²) in [5, 5.41) is 5.16. The summed E-state index contributed by atoms with van der Waals surface area (Å²) < 4.78 is 1.77. The van der Waals surface area contributed by atoms with Crippen LogP contribution in [0.4, 0.5) is 0 Å². The number of hydrogen-bond donors (Lipinski definition) is 0. The number of nitrogens with zero attached hydrogens (tertiary/aromatic N) is 4. The minimum atomic E-state index is 0.857. The van der Waals surface area contributed by atoms with Crippen LogP contribution in [0.1, 0.15) is 11.8 Å².